The summed E-state index contributed by atoms with van der Waals surface area (Å²) in [5, 5.41) is 14.5. The van der Waals surface area contributed by atoms with Crippen molar-refractivity contribution in [3.05, 3.63) is 0 Å². The van der Waals surface area contributed by atoms with E-state index >= 15 is 0 Å². The Bertz CT molecular complexity index is 454. The largest absolute Gasteiger partial charge is 0.481 e. The minimum atomic E-state index is -0.959. The molecule has 8 nitrogen and oxygen atoms in total. The molecule has 0 aromatic carbocycles. The zero-order valence-electron chi connectivity index (χ0n) is 15.1. The number of hydrogen-bond donors (Lipinski definition) is 3. The molecule has 0 aromatic heterocycles. The van der Waals surface area contributed by atoms with Gasteiger partial charge in [0.15, 0.2) is 0 Å². The zero-order chi connectivity index (χ0) is 18.7. The van der Waals surface area contributed by atoms with Crippen LogP contribution in [0, 0.1) is 5.92 Å². The molecule has 1 aliphatic rings. The highest BCUT2D eigenvalue weighted by Gasteiger charge is 2.40. The van der Waals surface area contributed by atoms with Crippen molar-refractivity contribution in [2.75, 3.05) is 0 Å². The first-order chi connectivity index (χ1) is 10.8. The highest BCUT2D eigenvalue weighted by molar-refractivity contribution is 5.73. The fraction of sp³-hybridized carbons (Fsp3) is 0.812. The number of carboxylic acids is 1. The van der Waals surface area contributed by atoms with Crippen molar-refractivity contribution in [2.24, 2.45) is 5.92 Å². The van der Waals surface area contributed by atoms with E-state index in [1.54, 1.807) is 41.5 Å². The maximum atomic E-state index is 11.9. The van der Waals surface area contributed by atoms with Gasteiger partial charge in [-0.3, -0.25) is 4.79 Å². The Kier molecular flexibility index (Phi) is 6.08. The van der Waals surface area contributed by atoms with Crippen LogP contribution in [-0.4, -0.2) is 46.5 Å². The van der Waals surface area contributed by atoms with E-state index in [2.05, 4.69) is 10.6 Å². The predicted octanol–water partition coefficient (Wildman–Crippen LogP) is 2.27. The number of carboxylic acid groups (broad SMARTS) is 1. The number of carbonyl (C=O) groups is 3. The topological polar surface area (TPSA) is 114 Å². The van der Waals surface area contributed by atoms with Gasteiger partial charge < -0.3 is 25.2 Å². The lowest BCUT2D eigenvalue weighted by molar-refractivity contribution is -0.141. The molecular weight excluding hydrogens is 316 g/mol. The van der Waals surface area contributed by atoms with Crippen molar-refractivity contribution in [3.8, 4) is 0 Å². The maximum Gasteiger partial charge on any atom is 0.407 e. The monoisotopic (exact) mass is 344 g/mol. The van der Waals surface area contributed by atoms with Gasteiger partial charge >= 0.3 is 18.2 Å². The number of amides is 2. The fourth-order valence-corrected chi connectivity index (χ4v) is 2.48. The van der Waals surface area contributed by atoms with E-state index in [0.717, 1.165) is 0 Å². The van der Waals surface area contributed by atoms with Crippen LogP contribution < -0.4 is 10.6 Å². The Morgan fingerprint density at radius 1 is 0.833 bits per heavy atom. The molecule has 0 heterocycles. The predicted molar refractivity (Wildman–Crippen MR) is 86.7 cm³/mol. The van der Waals surface area contributed by atoms with Crippen LogP contribution in [0.15, 0.2) is 0 Å². The summed E-state index contributed by atoms with van der Waals surface area (Å²) in [6.07, 6.45) is -0.853. The van der Waals surface area contributed by atoms with Crippen LogP contribution in [0.3, 0.4) is 0 Å². The molecule has 0 aliphatic heterocycles. The molecule has 8 heteroatoms. The van der Waals surface area contributed by atoms with Crippen LogP contribution >= 0.6 is 0 Å². The third kappa shape index (κ3) is 7.06. The highest BCUT2D eigenvalue weighted by atomic mass is 16.6. The average Bonchev–Trinajstić information content (AvgIpc) is 2.67. The van der Waals surface area contributed by atoms with Crippen molar-refractivity contribution in [2.45, 2.75) is 77.7 Å². The maximum absolute atomic E-state index is 11.9. The number of nitrogens with one attached hydrogen (secondary N) is 2. The van der Waals surface area contributed by atoms with Gasteiger partial charge in [-0.2, -0.15) is 0 Å². The van der Waals surface area contributed by atoms with Gasteiger partial charge in [-0.05, 0) is 54.4 Å². The molecule has 1 aliphatic carbocycles. The van der Waals surface area contributed by atoms with Gasteiger partial charge in [0.1, 0.15) is 11.2 Å². The zero-order valence-corrected chi connectivity index (χ0v) is 15.1. The lowest BCUT2D eigenvalue weighted by Gasteiger charge is -2.26. The number of alkyl carbamates (subject to hydrolysis) is 2. The second-order valence-electron chi connectivity index (χ2n) is 8.01. The standard InChI is InChI=1S/C16H28N2O6/c1-15(2,3)23-13(21)17-10-7-9(12(19)20)8-11(10)18-14(22)24-16(4,5)6/h9-11H,7-8H2,1-6H3,(H,17,21)(H,18,22)(H,19,20). The molecule has 2 amide bonds. The lowest BCUT2D eigenvalue weighted by atomic mass is 10.1. The summed E-state index contributed by atoms with van der Waals surface area (Å²) >= 11 is 0. The quantitative estimate of drug-likeness (QED) is 0.723. The molecule has 1 fully saturated rings. The second kappa shape index (κ2) is 7.27. The van der Waals surface area contributed by atoms with E-state index in [1.165, 1.54) is 0 Å². The summed E-state index contributed by atoms with van der Waals surface area (Å²) in [5.74, 6) is -1.61. The fourth-order valence-electron chi connectivity index (χ4n) is 2.48. The Hall–Kier alpha value is -1.99. The minimum absolute atomic E-state index is 0.217. The molecule has 24 heavy (non-hydrogen) atoms. The van der Waals surface area contributed by atoms with Crippen LogP contribution in [0.4, 0.5) is 9.59 Å². The third-order valence-corrected chi connectivity index (χ3v) is 3.32. The number of carbonyl (C=O) groups excluding carboxylic acids is 2. The van der Waals surface area contributed by atoms with Crippen LogP contribution in [0.25, 0.3) is 0 Å². The van der Waals surface area contributed by atoms with Crippen LogP contribution in [0.5, 0.6) is 0 Å². The minimum Gasteiger partial charge on any atom is -0.481 e. The Balaban J connectivity index is 2.73. The molecule has 2 atom stereocenters. The SMILES string of the molecule is CC(C)(C)OC(=O)NC1CC(C(=O)O)CC1NC(=O)OC(C)(C)C. The summed E-state index contributed by atoms with van der Waals surface area (Å²) in [6.45, 7) is 10.4. The Morgan fingerprint density at radius 3 is 1.42 bits per heavy atom. The molecule has 0 radical (unpaired) electrons. The average molecular weight is 344 g/mol. The van der Waals surface area contributed by atoms with Gasteiger partial charge in [0.2, 0.25) is 0 Å². The first-order valence-electron chi connectivity index (χ1n) is 7.98. The summed E-state index contributed by atoms with van der Waals surface area (Å²) in [7, 11) is 0. The van der Waals surface area contributed by atoms with Gasteiger partial charge in [0, 0.05) is 0 Å². The normalized spacial score (nSPS) is 24.2. The van der Waals surface area contributed by atoms with Crippen molar-refractivity contribution < 1.29 is 29.0 Å². The molecule has 3 N–H and O–H groups in total. The van der Waals surface area contributed by atoms with Gasteiger partial charge in [0.05, 0.1) is 18.0 Å². The Labute approximate surface area is 142 Å². The van der Waals surface area contributed by atoms with E-state index in [9.17, 15) is 19.5 Å². The van der Waals surface area contributed by atoms with E-state index in [0.29, 0.717) is 0 Å². The van der Waals surface area contributed by atoms with Gasteiger partial charge in [-0.15, -0.1) is 0 Å². The summed E-state index contributed by atoms with van der Waals surface area (Å²) in [4.78, 5) is 35.1. The van der Waals surface area contributed by atoms with Crippen molar-refractivity contribution >= 4 is 18.2 Å². The van der Waals surface area contributed by atoms with Crippen LogP contribution in [0.1, 0.15) is 54.4 Å². The highest BCUT2D eigenvalue weighted by Crippen LogP contribution is 2.27. The molecular formula is C16H28N2O6. The molecule has 1 saturated carbocycles. The van der Waals surface area contributed by atoms with Crippen molar-refractivity contribution in [3.63, 3.8) is 0 Å². The molecule has 2 unspecified atom stereocenters. The molecule has 1 rings (SSSR count). The van der Waals surface area contributed by atoms with E-state index < -0.39 is 47.4 Å². The van der Waals surface area contributed by atoms with E-state index in [-0.39, 0.29) is 12.8 Å². The second-order valence-corrected chi connectivity index (χ2v) is 8.01. The Morgan fingerprint density at radius 2 is 1.17 bits per heavy atom. The number of ether oxygens (including phenoxy) is 2. The van der Waals surface area contributed by atoms with E-state index in [4.69, 9.17) is 9.47 Å². The first-order valence-corrected chi connectivity index (χ1v) is 7.98. The van der Waals surface area contributed by atoms with E-state index in [1.807, 2.05) is 0 Å². The summed E-state index contributed by atoms with van der Waals surface area (Å²) in [5.41, 5.74) is -1.33. The number of hydrogen-bond acceptors (Lipinski definition) is 5. The van der Waals surface area contributed by atoms with Gasteiger partial charge in [-0.25, -0.2) is 9.59 Å². The lowest BCUT2D eigenvalue weighted by Crippen LogP contribution is -2.50. The van der Waals surface area contributed by atoms with Gasteiger partial charge in [0.25, 0.3) is 0 Å². The van der Waals surface area contributed by atoms with Crippen LogP contribution in [0.2, 0.25) is 0 Å². The molecule has 0 aromatic rings. The molecule has 0 saturated heterocycles. The van der Waals surface area contributed by atoms with Crippen molar-refractivity contribution in [1.29, 1.82) is 0 Å². The number of aliphatic carboxylic acids is 1. The third-order valence-electron chi connectivity index (χ3n) is 3.32. The smallest absolute Gasteiger partial charge is 0.407 e. The first kappa shape index (κ1) is 20.1. The van der Waals surface area contributed by atoms with Crippen LogP contribution in [-0.2, 0) is 14.3 Å². The molecule has 0 bridgehead atoms. The molecule has 0 spiro atoms. The van der Waals surface area contributed by atoms with Crippen molar-refractivity contribution in [1.82, 2.24) is 10.6 Å². The van der Waals surface area contributed by atoms with Gasteiger partial charge in [-0.1, -0.05) is 0 Å². The molecule has 138 valence electrons. The summed E-state index contributed by atoms with van der Waals surface area (Å²) < 4.78 is 10.4. The number of rotatable bonds is 3. The summed E-state index contributed by atoms with van der Waals surface area (Å²) in [6, 6.07) is -1.07.